The molecule has 1 amide bonds. The van der Waals surface area contributed by atoms with Gasteiger partial charge in [0.25, 0.3) is 12.3 Å². The molecule has 0 fully saturated rings. The predicted molar refractivity (Wildman–Crippen MR) is 95.2 cm³/mol. The fourth-order valence-corrected chi connectivity index (χ4v) is 2.85. The van der Waals surface area contributed by atoms with Gasteiger partial charge in [0.05, 0.1) is 5.56 Å². The molecule has 2 aromatic carbocycles. The maximum atomic E-state index is 13.1. The largest absolute Gasteiger partial charge is 0.356 e. The standard InChI is InChI=1S/C19H15ClF2N2O/c1-24-10-15(18(21)22)16(11-24)19(25)23-17-8-3-2-7-14(17)12-5-4-6-13(20)9-12/h2-11,18H,1H3,(H,23,25). The molecule has 0 bridgehead atoms. The molecule has 0 radical (unpaired) electrons. The average molecular weight is 361 g/mol. The van der Waals surface area contributed by atoms with Crippen molar-refractivity contribution in [3.8, 4) is 11.1 Å². The molecule has 25 heavy (non-hydrogen) atoms. The summed E-state index contributed by atoms with van der Waals surface area (Å²) < 4.78 is 27.7. The zero-order chi connectivity index (χ0) is 18.0. The minimum absolute atomic E-state index is 0.0432. The Kier molecular flexibility index (Phi) is 4.86. The van der Waals surface area contributed by atoms with Crippen LogP contribution in [0.2, 0.25) is 5.02 Å². The Balaban J connectivity index is 1.95. The van der Waals surface area contributed by atoms with Crippen LogP contribution in [0.15, 0.2) is 60.9 Å². The van der Waals surface area contributed by atoms with E-state index in [2.05, 4.69) is 5.32 Å². The molecule has 128 valence electrons. The maximum absolute atomic E-state index is 13.1. The number of hydrogen-bond acceptors (Lipinski definition) is 1. The minimum Gasteiger partial charge on any atom is -0.356 e. The quantitative estimate of drug-likeness (QED) is 0.651. The van der Waals surface area contributed by atoms with Gasteiger partial charge in [-0.3, -0.25) is 4.79 Å². The second kappa shape index (κ2) is 7.07. The van der Waals surface area contributed by atoms with E-state index in [9.17, 15) is 13.6 Å². The summed E-state index contributed by atoms with van der Waals surface area (Å²) in [6.07, 6.45) is -0.0773. The number of halogens is 3. The molecule has 0 aliphatic heterocycles. The van der Waals surface area contributed by atoms with Gasteiger partial charge in [-0.25, -0.2) is 8.78 Å². The van der Waals surface area contributed by atoms with Crippen molar-refractivity contribution < 1.29 is 13.6 Å². The van der Waals surface area contributed by atoms with E-state index in [0.29, 0.717) is 10.7 Å². The number of aromatic nitrogens is 1. The molecule has 1 aromatic heterocycles. The lowest BCUT2D eigenvalue weighted by molar-refractivity contribution is 0.101. The van der Waals surface area contributed by atoms with Gasteiger partial charge in [0, 0.05) is 41.3 Å². The highest BCUT2D eigenvalue weighted by Gasteiger charge is 2.21. The Morgan fingerprint density at radius 3 is 2.60 bits per heavy atom. The number of nitrogens with one attached hydrogen (secondary N) is 1. The normalized spacial score (nSPS) is 10.9. The molecule has 0 spiro atoms. The molecule has 0 atom stereocenters. The van der Waals surface area contributed by atoms with Crippen LogP contribution in [0.25, 0.3) is 11.1 Å². The molecular formula is C19H15ClF2N2O. The van der Waals surface area contributed by atoms with Gasteiger partial charge in [0.2, 0.25) is 0 Å². The highest BCUT2D eigenvalue weighted by Crippen LogP contribution is 2.31. The number of anilines is 1. The van der Waals surface area contributed by atoms with E-state index in [-0.39, 0.29) is 11.1 Å². The molecular weight excluding hydrogens is 346 g/mol. The molecule has 0 unspecified atom stereocenters. The van der Waals surface area contributed by atoms with E-state index in [1.54, 1.807) is 31.3 Å². The summed E-state index contributed by atoms with van der Waals surface area (Å²) in [7, 11) is 1.60. The SMILES string of the molecule is Cn1cc(C(=O)Nc2ccccc2-c2cccc(Cl)c2)c(C(F)F)c1. The van der Waals surface area contributed by atoms with E-state index < -0.39 is 12.3 Å². The summed E-state index contributed by atoms with van der Waals surface area (Å²) in [5.74, 6) is -0.578. The summed E-state index contributed by atoms with van der Waals surface area (Å²) in [5, 5.41) is 3.30. The lowest BCUT2D eigenvalue weighted by Gasteiger charge is -2.12. The molecule has 3 nitrogen and oxygen atoms in total. The number of nitrogens with zero attached hydrogens (tertiary/aromatic N) is 1. The fraction of sp³-hybridized carbons (Fsp3) is 0.105. The smallest absolute Gasteiger partial charge is 0.266 e. The van der Waals surface area contributed by atoms with E-state index in [1.807, 2.05) is 24.3 Å². The Hall–Kier alpha value is -2.66. The number of amides is 1. The summed E-state index contributed by atoms with van der Waals surface area (Å²) in [4.78, 5) is 12.5. The van der Waals surface area contributed by atoms with E-state index >= 15 is 0 Å². The highest BCUT2D eigenvalue weighted by molar-refractivity contribution is 6.30. The van der Waals surface area contributed by atoms with Crippen LogP contribution in [-0.4, -0.2) is 10.5 Å². The summed E-state index contributed by atoms with van der Waals surface area (Å²) in [6.45, 7) is 0. The van der Waals surface area contributed by atoms with E-state index in [4.69, 9.17) is 11.6 Å². The average Bonchev–Trinajstić information content (AvgIpc) is 2.98. The second-order valence-electron chi connectivity index (χ2n) is 5.60. The Morgan fingerprint density at radius 2 is 1.88 bits per heavy atom. The number of hydrogen-bond donors (Lipinski definition) is 1. The van der Waals surface area contributed by atoms with Crippen LogP contribution >= 0.6 is 11.6 Å². The number of carbonyl (C=O) groups is 1. The highest BCUT2D eigenvalue weighted by atomic mass is 35.5. The minimum atomic E-state index is -2.72. The van der Waals surface area contributed by atoms with Crippen LogP contribution in [0, 0.1) is 0 Å². The first-order valence-corrected chi connectivity index (χ1v) is 7.94. The van der Waals surface area contributed by atoms with Gasteiger partial charge in [-0.15, -0.1) is 0 Å². The van der Waals surface area contributed by atoms with Crippen molar-refractivity contribution in [1.29, 1.82) is 0 Å². The number of para-hydroxylation sites is 1. The zero-order valence-corrected chi connectivity index (χ0v) is 14.1. The van der Waals surface area contributed by atoms with Crippen LogP contribution in [0.1, 0.15) is 22.3 Å². The molecule has 3 rings (SSSR count). The van der Waals surface area contributed by atoms with Crippen molar-refractivity contribution in [3.63, 3.8) is 0 Å². The van der Waals surface area contributed by atoms with Gasteiger partial charge >= 0.3 is 0 Å². The predicted octanol–water partition coefficient (Wildman–Crippen LogP) is 5.54. The molecule has 0 aliphatic rings. The topological polar surface area (TPSA) is 34.0 Å². The molecule has 6 heteroatoms. The van der Waals surface area contributed by atoms with Crippen LogP contribution < -0.4 is 5.32 Å². The van der Waals surface area contributed by atoms with Crippen LogP contribution in [-0.2, 0) is 7.05 Å². The summed E-state index contributed by atoms with van der Waals surface area (Å²) in [5.41, 5.74) is 1.77. The number of benzene rings is 2. The van der Waals surface area contributed by atoms with Crippen molar-refractivity contribution in [1.82, 2.24) is 4.57 Å². The van der Waals surface area contributed by atoms with Crippen molar-refractivity contribution in [3.05, 3.63) is 77.1 Å². The van der Waals surface area contributed by atoms with Crippen LogP contribution in [0.5, 0.6) is 0 Å². The van der Waals surface area contributed by atoms with E-state index in [1.165, 1.54) is 17.0 Å². The van der Waals surface area contributed by atoms with E-state index in [0.717, 1.165) is 11.1 Å². The van der Waals surface area contributed by atoms with Gasteiger partial charge in [-0.1, -0.05) is 41.9 Å². The Labute approximate surface area is 148 Å². The molecule has 0 aliphatic carbocycles. The van der Waals surface area contributed by atoms with Crippen LogP contribution in [0.3, 0.4) is 0 Å². The van der Waals surface area contributed by atoms with Crippen molar-refractivity contribution in [2.45, 2.75) is 6.43 Å². The summed E-state index contributed by atoms with van der Waals surface area (Å²) >= 11 is 6.03. The number of carbonyl (C=O) groups excluding carboxylic acids is 1. The van der Waals surface area contributed by atoms with Gasteiger partial charge < -0.3 is 9.88 Å². The molecule has 3 aromatic rings. The first kappa shape index (κ1) is 17.2. The monoisotopic (exact) mass is 360 g/mol. The number of alkyl halides is 2. The maximum Gasteiger partial charge on any atom is 0.266 e. The first-order chi connectivity index (χ1) is 12.0. The van der Waals surface area contributed by atoms with Crippen molar-refractivity contribution in [2.75, 3.05) is 5.32 Å². The third kappa shape index (κ3) is 3.72. The van der Waals surface area contributed by atoms with Gasteiger partial charge in [-0.05, 0) is 23.8 Å². The van der Waals surface area contributed by atoms with Crippen molar-refractivity contribution in [2.24, 2.45) is 7.05 Å². The van der Waals surface area contributed by atoms with Gasteiger partial charge in [-0.2, -0.15) is 0 Å². The lowest BCUT2D eigenvalue weighted by atomic mass is 10.0. The zero-order valence-electron chi connectivity index (χ0n) is 13.3. The van der Waals surface area contributed by atoms with Gasteiger partial charge in [0.15, 0.2) is 0 Å². The Bertz CT molecular complexity index is 921. The lowest BCUT2D eigenvalue weighted by Crippen LogP contribution is -2.13. The fourth-order valence-electron chi connectivity index (χ4n) is 2.66. The first-order valence-electron chi connectivity index (χ1n) is 7.56. The molecule has 0 saturated carbocycles. The molecule has 0 saturated heterocycles. The Morgan fingerprint density at radius 1 is 1.12 bits per heavy atom. The van der Waals surface area contributed by atoms with Gasteiger partial charge in [0.1, 0.15) is 0 Å². The molecule has 1 N–H and O–H groups in total. The molecule has 1 heterocycles. The third-order valence-corrected chi connectivity index (χ3v) is 4.01. The number of rotatable bonds is 4. The van der Waals surface area contributed by atoms with Crippen molar-refractivity contribution >= 4 is 23.2 Å². The summed E-state index contributed by atoms with van der Waals surface area (Å²) in [6, 6.07) is 14.4. The number of aryl methyl sites for hydroxylation is 1. The second-order valence-corrected chi connectivity index (χ2v) is 6.04. The third-order valence-electron chi connectivity index (χ3n) is 3.78. The van der Waals surface area contributed by atoms with Crippen LogP contribution in [0.4, 0.5) is 14.5 Å².